The van der Waals surface area contributed by atoms with Crippen LogP contribution in [0.2, 0.25) is 0 Å². The standard InChI is InChI=1S/C7H14N2O.HI/c1-3-5-10-6-4-9-7(2)8;/h3H,1,4-6H2,2H3,(H2,8,9);1H. The number of halogens is 1. The van der Waals surface area contributed by atoms with Crippen molar-refractivity contribution in [2.75, 3.05) is 19.8 Å². The Morgan fingerprint density at radius 1 is 1.73 bits per heavy atom. The van der Waals surface area contributed by atoms with Crippen molar-refractivity contribution in [1.82, 2.24) is 0 Å². The van der Waals surface area contributed by atoms with E-state index in [2.05, 4.69) is 11.6 Å². The third-order valence-corrected chi connectivity index (χ3v) is 0.833. The number of rotatable bonds is 5. The van der Waals surface area contributed by atoms with E-state index < -0.39 is 0 Å². The minimum absolute atomic E-state index is 0. The van der Waals surface area contributed by atoms with Crippen molar-refractivity contribution in [2.24, 2.45) is 10.7 Å². The molecule has 0 rings (SSSR count). The summed E-state index contributed by atoms with van der Waals surface area (Å²) < 4.78 is 5.05. The van der Waals surface area contributed by atoms with Gasteiger partial charge in [-0.3, -0.25) is 4.99 Å². The average Bonchev–Trinajstić information content (AvgIpc) is 1.87. The van der Waals surface area contributed by atoms with Gasteiger partial charge in [-0.05, 0) is 6.92 Å². The molecule has 0 aromatic carbocycles. The summed E-state index contributed by atoms with van der Waals surface area (Å²) in [5.41, 5.74) is 5.28. The predicted molar refractivity (Wildman–Crippen MR) is 58.6 cm³/mol. The van der Waals surface area contributed by atoms with Gasteiger partial charge in [0.2, 0.25) is 0 Å². The second-order valence-electron chi connectivity index (χ2n) is 1.89. The maximum atomic E-state index is 5.28. The summed E-state index contributed by atoms with van der Waals surface area (Å²) in [6, 6.07) is 0. The first-order valence-corrected chi connectivity index (χ1v) is 3.22. The molecule has 0 saturated carbocycles. The van der Waals surface area contributed by atoms with Crippen LogP contribution < -0.4 is 5.73 Å². The molecule has 0 unspecified atom stereocenters. The molecule has 0 bridgehead atoms. The van der Waals surface area contributed by atoms with Crippen LogP contribution in [0.5, 0.6) is 0 Å². The van der Waals surface area contributed by atoms with Gasteiger partial charge in [0.1, 0.15) is 0 Å². The minimum Gasteiger partial charge on any atom is -0.388 e. The van der Waals surface area contributed by atoms with Gasteiger partial charge in [0.15, 0.2) is 0 Å². The summed E-state index contributed by atoms with van der Waals surface area (Å²) in [5, 5.41) is 0. The van der Waals surface area contributed by atoms with Gasteiger partial charge in [-0.1, -0.05) is 6.08 Å². The van der Waals surface area contributed by atoms with Gasteiger partial charge in [0.25, 0.3) is 0 Å². The van der Waals surface area contributed by atoms with E-state index in [-0.39, 0.29) is 24.0 Å². The Bertz CT molecular complexity index is 122. The summed E-state index contributed by atoms with van der Waals surface area (Å²) in [6.07, 6.45) is 1.71. The maximum absolute atomic E-state index is 5.28. The first-order chi connectivity index (χ1) is 4.77. The molecule has 0 amide bonds. The largest absolute Gasteiger partial charge is 0.388 e. The molecule has 0 aliphatic heterocycles. The zero-order valence-corrected chi connectivity index (χ0v) is 9.08. The van der Waals surface area contributed by atoms with Gasteiger partial charge in [0.05, 0.1) is 25.6 Å². The topological polar surface area (TPSA) is 47.6 Å². The molecule has 0 spiro atoms. The van der Waals surface area contributed by atoms with E-state index >= 15 is 0 Å². The van der Waals surface area contributed by atoms with E-state index in [4.69, 9.17) is 10.5 Å². The lowest BCUT2D eigenvalue weighted by Crippen LogP contribution is -2.08. The van der Waals surface area contributed by atoms with Crippen LogP contribution in [0.15, 0.2) is 17.6 Å². The van der Waals surface area contributed by atoms with Crippen molar-refractivity contribution in [3.63, 3.8) is 0 Å². The highest BCUT2D eigenvalue weighted by Crippen LogP contribution is 1.76. The lowest BCUT2D eigenvalue weighted by Gasteiger charge is -1.96. The highest BCUT2D eigenvalue weighted by molar-refractivity contribution is 14.0. The Balaban J connectivity index is 0. The van der Waals surface area contributed by atoms with E-state index in [1.54, 1.807) is 13.0 Å². The molecule has 0 aliphatic rings. The zero-order chi connectivity index (χ0) is 7.82. The minimum atomic E-state index is 0. The van der Waals surface area contributed by atoms with Crippen LogP contribution in [0.25, 0.3) is 0 Å². The molecule has 3 nitrogen and oxygen atoms in total. The number of amidine groups is 1. The molecular weight excluding hydrogens is 255 g/mol. The molecule has 0 atom stereocenters. The number of ether oxygens (including phenoxy) is 1. The van der Waals surface area contributed by atoms with E-state index in [0.29, 0.717) is 25.6 Å². The first kappa shape index (κ1) is 13.5. The lowest BCUT2D eigenvalue weighted by atomic mass is 10.6. The van der Waals surface area contributed by atoms with Crippen LogP contribution in [0.3, 0.4) is 0 Å². The van der Waals surface area contributed by atoms with Gasteiger partial charge < -0.3 is 10.5 Å². The molecule has 0 heterocycles. The molecule has 2 N–H and O–H groups in total. The van der Waals surface area contributed by atoms with Crippen molar-refractivity contribution in [3.05, 3.63) is 12.7 Å². The third-order valence-electron chi connectivity index (χ3n) is 0.833. The second-order valence-corrected chi connectivity index (χ2v) is 1.89. The van der Waals surface area contributed by atoms with Gasteiger partial charge in [-0.15, -0.1) is 30.6 Å². The summed E-state index contributed by atoms with van der Waals surface area (Å²) in [6.45, 7) is 7.09. The maximum Gasteiger partial charge on any atom is 0.0906 e. The average molecular weight is 270 g/mol. The van der Waals surface area contributed by atoms with E-state index in [9.17, 15) is 0 Å². The summed E-state index contributed by atoms with van der Waals surface area (Å²) >= 11 is 0. The highest BCUT2D eigenvalue weighted by Gasteiger charge is 1.82. The number of hydrogen-bond donors (Lipinski definition) is 1. The van der Waals surface area contributed by atoms with Gasteiger partial charge in [0, 0.05) is 0 Å². The second kappa shape index (κ2) is 9.90. The first-order valence-electron chi connectivity index (χ1n) is 3.22. The van der Waals surface area contributed by atoms with Crippen LogP contribution in [0.1, 0.15) is 6.92 Å². The molecule has 0 radical (unpaired) electrons. The smallest absolute Gasteiger partial charge is 0.0906 e. The van der Waals surface area contributed by atoms with Crippen molar-refractivity contribution >= 4 is 29.8 Å². The molecular formula is C7H15IN2O. The van der Waals surface area contributed by atoms with Crippen LogP contribution in [-0.2, 0) is 4.74 Å². The Morgan fingerprint density at radius 2 is 2.36 bits per heavy atom. The van der Waals surface area contributed by atoms with Crippen molar-refractivity contribution < 1.29 is 4.74 Å². The van der Waals surface area contributed by atoms with Gasteiger partial charge in [-0.2, -0.15) is 0 Å². The Hall–Kier alpha value is -0.100. The fraction of sp³-hybridized carbons (Fsp3) is 0.571. The van der Waals surface area contributed by atoms with Crippen LogP contribution in [0.4, 0.5) is 0 Å². The third kappa shape index (κ3) is 13.0. The number of hydrogen-bond acceptors (Lipinski definition) is 2. The Labute approximate surface area is 84.7 Å². The fourth-order valence-corrected chi connectivity index (χ4v) is 0.453. The SMILES string of the molecule is C=CCOCCN=C(C)N.I. The van der Waals surface area contributed by atoms with Gasteiger partial charge in [-0.25, -0.2) is 0 Å². The number of nitrogens with two attached hydrogens (primary N) is 1. The monoisotopic (exact) mass is 270 g/mol. The number of aliphatic imine (C=N–C) groups is 1. The van der Waals surface area contributed by atoms with Crippen LogP contribution >= 0.6 is 24.0 Å². The van der Waals surface area contributed by atoms with Gasteiger partial charge >= 0.3 is 0 Å². The van der Waals surface area contributed by atoms with Crippen LogP contribution in [-0.4, -0.2) is 25.6 Å². The van der Waals surface area contributed by atoms with E-state index in [1.807, 2.05) is 0 Å². The van der Waals surface area contributed by atoms with Crippen LogP contribution in [0, 0.1) is 0 Å². The van der Waals surface area contributed by atoms with E-state index in [0.717, 1.165) is 0 Å². The highest BCUT2D eigenvalue weighted by atomic mass is 127. The Kier molecular flexibility index (Phi) is 12.1. The normalized spacial score (nSPS) is 10.5. The molecule has 4 heteroatoms. The molecule has 0 aromatic rings. The van der Waals surface area contributed by atoms with Crippen molar-refractivity contribution in [3.8, 4) is 0 Å². The summed E-state index contributed by atoms with van der Waals surface area (Å²) in [7, 11) is 0. The molecule has 11 heavy (non-hydrogen) atoms. The van der Waals surface area contributed by atoms with E-state index in [1.165, 1.54) is 0 Å². The molecule has 0 aromatic heterocycles. The lowest BCUT2D eigenvalue weighted by molar-refractivity contribution is 0.171. The molecule has 0 saturated heterocycles. The van der Waals surface area contributed by atoms with Crippen molar-refractivity contribution in [2.45, 2.75) is 6.92 Å². The summed E-state index contributed by atoms with van der Waals surface area (Å²) in [5.74, 6) is 0.599. The fourth-order valence-electron chi connectivity index (χ4n) is 0.453. The Morgan fingerprint density at radius 3 is 2.82 bits per heavy atom. The zero-order valence-electron chi connectivity index (χ0n) is 6.75. The summed E-state index contributed by atoms with van der Waals surface area (Å²) in [4.78, 5) is 3.93. The molecule has 0 fully saturated rings. The number of nitrogens with zero attached hydrogens (tertiary/aromatic N) is 1. The quantitative estimate of drug-likeness (QED) is 0.268. The van der Waals surface area contributed by atoms with Crippen molar-refractivity contribution in [1.29, 1.82) is 0 Å². The molecule has 0 aliphatic carbocycles. The predicted octanol–water partition coefficient (Wildman–Crippen LogP) is 1.18. The molecule has 66 valence electrons.